The zero-order valence-corrected chi connectivity index (χ0v) is 16.9. The first-order chi connectivity index (χ1) is 14.0. The maximum Gasteiger partial charge on any atom is 0.407 e. The molecule has 0 spiro atoms. The van der Waals surface area contributed by atoms with Crippen LogP contribution in [0.2, 0.25) is 0 Å². The molecule has 1 saturated carbocycles. The molecule has 3 N–H and O–H groups in total. The van der Waals surface area contributed by atoms with Gasteiger partial charge in [0.2, 0.25) is 0 Å². The third kappa shape index (κ3) is 4.53. The number of carbonyl (C=O) groups is 1. The number of carbonyl (C=O) groups excluding carboxylic acids is 1. The molecular weight excluding hydrogens is 366 g/mol. The van der Waals surface area contributed by atoms with Gasteiger partial charge in [0.1, 0.15) is 6.10 Å². The average Bonchev–Trinajstić information content (AvgIpc) is 3.39. The summed E-state index contributed by atoms with van der Waals surface area (Å²) in [5, 5.41) is 22.8. The van der Waals surface area contributed by atoms with E-state index < -0.39 is 0 Å². The molecule has 152 valence electrons. The van der Waals surface area contributed by atoms with E-state index in [-0.39, 0.29) is 24.2 Å². The number of aromatic amines is 1. The summed E-state index contributed by atoms with van der Waals surface area (Å²) in [7, 11) is 0. The number of aromatic nitrogens is 2. The number of fused-ring (bicyclic) bond motifs is 1. The monoisotopic (exact) mass is 393 g/mol. The highest BCUT2D eigenvalue weighted by atomic mass is 16.6. The van der Waals surface area contributed by atoms with Crippen LogP contribution in [0.5, 0.6) is 0 Å². The molecule has 0 bridgehead atoms. The number of ether oxygens (including phenoxy) is 1. The summed E-state index contributed by atoms with van der Waals surface area (Å²) in [6.45, 7) is 3.83. The third-order valence-electron chi connectivity index (χ3n) is 5.70. The van der Waals surface area contributed by atoms with Crippen LogP contribution in [0.15, 0.2) is 24.3 Å². The van der Waals surface area contributed by atoms with Crippen molar-refractivity contribution < 1.29 is 9.53 Å². The van der Waals surface area contributed by atoms with Crippen LogP contribution in [0.3, 0.4) is 0 Å². The second-order valence-corrected chi connectivity index (χ2v) is 8.39. The fraction of sp³-hybridized carbons (Fsp3) is 0.500. The van der Waals surface area contributed by atoms with Gasteiger partial charge in [-0.1, -0.05) is 6.07 Å². The Morgan fingerprint density at radius 2 is 2.10 bits per heavy atom. The lowest BCUT2D eigenvalue weighted by Gasteiger charge is -2.14. The molecular formula is C22H27N5O2. The van der Waals surface area contributed by atoms with Crippen LogP contribution in [-0.4, -0.2) is 28.4 Å². The van der Waals surface area contributed by atoms with Crippen LogP contribution in [-0.2, 0) is 17.6 Å². The Labute approximate surface area is 170 Å². The summed E-state index contributed by atoms with van der Waals surface area (Å²) in [6.07, 6.45) is 3.91. The fourth-order valence-corrected chi connectivity index (χ4v) is 4.30. The molecule has 1 amide bonds. The second-order valence-electron chi connectivity index (χ2n) is 8.39. The normalized spacial score (nSPS) is 22.9. The van der Waals surface area contributed by atoms with Gasteiger partial charge < -0.3 is 15.4 Å². The van der Waals surface area contributed by atoms with Crippen LogP contribution in [0, 0.1) is 17.2 Å². The zero-order valence-electron chi connectivity index (χ0n) is 16.9. The number of alkyl carbamates (subject to hydrolysis) is 1. The SMILES string of the molecule is CC(C)NC(=O)OC1CC[C@H](c2cc(Nc3ccc4c(c3)CC(C#N)C4)n[nH]2)C1. The summed E-state index contributed by atoms with van der Waals surface area (Å²) < 4.78 is 5.51. The molecule has 2 unspecified atom stereocenters. The van der Waals surface area contributed by atoms with Crippen molar-refractivity contribution >= 4 is 17.6 Å². The Kier molecular flexibility index (Phi) is 5.43. The highest BCUT2D eigenvalue weighted by molar-refractivity contribution is 5.67. The second kappa shape index (κ2) is 8.16. The average molecular weight is 393 g/mol. The van der Waals surface area contributed by atoms with Crippen molar-refractivity contribution in [2.75, 3.05) is 5.32 Å². The Morgan fingerprint density at radius 1 is 1.28 bits per heavy atom. The summed E-state index contributed by atoms with van der Waals surface area (Å²) in [5.41, 5.74) is 4.56. The summed E-state index contributed by atoms with van der Waals surface area (Å²) in [5.74, 6) is 1.18. The van der Waals surface area contributed by atoms with Gasteiger partial charge in [0.05, 0.1) is 12.0 Å². The van der Waals surface area contributed by atoms with Gasteiger partial charge in [-0.25, -0.2) is 4.79 Å². The molecule has 1 fully saturated rings. The third-order valence-corrected chi connectivity index (χ3v) is 5.70. The van der Waals surface area contributed by atoms with Gasteiger partial charge >= 0.3 is 6.09 Å². The van der Waals surface area contributed by atoms with E-state index in [1.807, 2.05) is 26.0 Å². The number of nitriles is 1. The predicted octanol–water partition coefficient (Wildman–Crippen LogP) is 4.16. The summed E-state index contributed by atoms with van der Waals surface area (Å²) in [6, 6.07) is 10.7. The van der Waals surface area contributed by atoms with E-state index in [0.29, 0.717) is 5.92 Å². The van der Waals surface area contributed by atoms with Crippen molar-refractivity contribution in [3.05, 3.63) is 41.1 Å². The van der Waals surface area contributed by atoms with Crippen molar-refractivity contribution in [1.29, 1.82) is 5.26 Å². The molecule has 2 aliphatic carbocycles. The smallest absolute Gasteiger partial charge is 0.407 e. The number of amides is 1. The van der Waals surface area contributed by atoms with Crippen molar-refractivity contribution in [3.63, 3.8) is 0 Å². The topological polar surface area (TPSA) is 103 Å². The first kappa shape index (κ1) is 19.3. The Morgan fingerprint density at radius 3 is 2.90 bits per heavy atom. The quantitative estimate of drug-likeness (QED) is 0.708. The number of benzene rings is 1. The van der Waals surface area contributed by atoms with E-state index in [1.165, 1.54) is 11.1 Å². The lowest BCUT2D eigenvalue weighted by Crippen LogP contribution is -2.33. The first-order valence-electron chi connectivity index (χ1n) is 10.3. The molecule has 1 aromatic heterocycles. The summed E-state index contributed by atoms with van der Waals surface area (Å²) >= 11 is 0. The van der Waals surface area contributed by atoms with Crippen molar-refractivity contribution in [2.45, 2.75) is 64.0 Å². The van der Waals surface area contributed by atoms with Crippen molar-refractivity contribution in [1.82, 2.24) is 15.5 Å². The van der Waals surface area contributed by atoms with E-state index in [2.05, 4.69) is 39.0 Å². The standard InChI is InChI=1S/C22H27N5O2/c1-13(2)24-22(28)29-19-6-4-16(10-19)20-11-21(27-26-20)25-18-5-3-15-7-14(12-23)8-17(15)9-18/h3,5,9,11,13-14,16,19H,4,6-8,10H2,1-2H3,(H,24,28)(H2,25,26,27)/t14?,16-,19?/m0/s1. The molecule has 1 heterocycles. The van der Waals surface area contributed by atoms with Gasteiger partial charge in [0.25, 0.3) is 0 Å². The van der Waals surface area contributed by atoms with E-state index in [1.54, 1.807) is 0 Å². The molecule has 2 aliphatic rings. The Balaban J connectivity index is 1.34. The van der Waals surface area contributed by atoms with Crippen LogP contribution < -0.4 is 10.6 Å². The minimum absolute atomic E-state index is 0.0525. The minimum atomic E-state index is -0.340. The van der Waals surface area contributed by atoms with E-state index in [9.17, 15) is 4.79 Å². The van der Waals surface area contributed by atoms with Crippen molar-refractivity contribution in [3.8, 4) is 6.07 Å². The molecule has 4 rings (SSSR count). The van der Waals surface area contributed by atoms with E-state index >= 15 is 0 Å². The summed E-state index contributed by atoms with van der Waals surface area (Å²) in [4.78, 5) is 11.8. The van der Waals surface area contributed by atoms with Gasteiger partial charge in [-0.15, -0.1) is 0 Å². The van der Waals surface area contributed by atoms with Gasteiger partial charge in [-0.05, 0) is 69.2 Å². The Bertz CT molecular complexity index is 930. The van der Waals surface area contributed by atoms with Gasteiger partial charge in [-0.2, -0.15) is 10.4 Å². The largest absolute Gasteiger partial charge is 0.446 e. The molecule has 7 heteroatoms. The lowest BCUT2D eigenvalue weighted by molar-refractivity contribution is 0.0981. The zero-order chi connectivity index (χ0) is 20.4. The molecule has 1 aromatic carbocycles. The number of hydrogen-bond donors (Lipinski definition) is 3. The molecule has 0 aliphatic heterocycles. The van der Waals surface area contributed by atoms with Crippen LogP contribution >= 0.6 is 0 Å². The number of nitrogens with zero attached hydrogens (tertiary/aromatic N) is 2. The molecule has 3 atom stereocenters. The maximum absolute atomic E-state index is 11.8. The van der Waals surface area contributed by atoms with Gasteiger partial charge in [0, 0.05) is 29.4 Å². The molecule has 0 radical (unpaired) electrons. The number of rotatable bonds is 5. The molecule has 2 aromatic rings. The van der Waals surface area contributed by atoms with Crippen LogP contribution in [0.25, 0.3) is 0 Å². The highest BCUT2D eigenvalue weighted by Crippen LogP contribution is 2.36. The predicted molar refractivity (Wildman–Crippen MR) is 110 cm³/mol. The number of H-pyrrole nitrogens is 1. The lowest BCUT2D eigenvalue weighted by atomic mass is 10.0. The number of anilines is 2. The van der Waals surface area contributed by atoms with Crippen molar-refractivity contribution in [2.24, 2.45) is 5.92 Å². The van der Waals surface area contributed by atoms with Crippen LogP contribution in [0.1, 0.15) is 55.8 Å². The molecule has 7 nitrogen and oxygen atoms in total. The fourth-order valence-electron chi connectivity index (χ4n) is 4.30. The minimum Gasteiger partial charge on any atom is -0.446 e. The first-order valence-corrected chi connectivity index (χ1v) is 10.3. The Hall–Kier alpha value is -3.01. The number of hydrogen-bond acceptors (Lipinski definition) is 5. The van der Waals surface area contributed by atoms with Crippen LogP contribution in [0.4, 0.5) is 16.3 Å². The molecule has 0 saturated heterocycles. The number of nitrogens with one attached hydrogen (secondary N) is 3. The maximum atomic E-state index is 11.8. The van der Waals surface area contributed by atoms with Gasteiger partial charge in [-0.3, -0.25) is 5.10 Å². The highest BCUT2D eigenvalue weighted by Gasteiger charge is 2.30. The molecule has 29 heavy (non-hydrogen) atoms. The van der Waals surface area contributed by atoms with Gasteiger partial charge in [0.15, 0.2) is 5.82 Å². The van der Waals surface area contributed by atoms with E-state index in [4.69, 9.17) is 10.00 Å². The van der Waals surface area contributed by atoms with E-state index in [0.717, 1.165) is 49.3 Å².